The molecule has 0 aromatic heterocycles. The molecule has 0 saturated carbocycles. The molecule has 2 nitrogen and oxygen atoms in total. The number of thioether (sulfide) groups is 1. The molecule has 88 valence electrons. The van der Waals surface area contributed by atoms with E-state index in [1.807, 2.05) is 18.8 Å². The van der Waals surface area contributed by atoms with Crippen LogP contribution in [0, 0.1) is 0 Å². The lowest BCUT2D eigenvalue weighted by molar-refractivity contribution is 0.578. The minimum atomic E-state index is 0.688. The standard InChI is InChI=1S/C13H20N2S/c1-14-9-5-6-11-10-16-13-8-4-3-7-12(13)15(11)2/h3-4,7-8,11,14H,5-6,9-10H2,1-2H3. The lowest BCUT2D eigenvalue weighted by Crippen LogP contribution is -2.37. The fraction of sp³-hybridized carbons (Fsp3) is 0.538. The fourth-order valence-electron chi connectivity index (χ4n) is 2.16. The zero-order valence-corrected chi connectivity index (χ0v) is 10.9. The average molecular weight is 236 g/mol. The van der Waals surface area contributed by atoms with Crippen molar-refractivity contribution in [1.29, 1.82) is 0 Å². The predicted octanol–water partition coefficient (Wildman–Crippen LogP) is 2.60. The molecule has 1 aliphatic heterocycles. The summed E-state index contributed by atoms with van der Waals surface area (Å²) in [6.07, 6.45) is 2.53. The molecule has 3 heteroatoms. The third-order valence-corrected chi connectivity index (χ3v) is 4.40. The van der Waals surface area contributed by atoms with E-state index in [4.69, 9.17) is 0 Å². The maximum absolute atomic E-state index is 3.22. The molecule has 0 spiro atoms. The van der Waals surface area contributed by atoms with Crippen molar-refractivity contribution in [2.75, 3.05) is 31.3 Å². The van der Waals surface area contributed by atoms with Gasteiger partial charge in [0.15, 0.2) is 0 Å². The van der Waals surface area contributed by atoms with E-state index in [2.05, 4.69) is 41.5 Å². The SMILES string of the molecule is CNCCCC1CSc2ccccc2N1C. The zero-order chi connectivity index (χ0) is 11.4. The number of anilines is 1. The molecule has 1 atom stereocenters. The van der Waals surface area contributed by atoms with Gasteiger partial charge in [0, 0.05) is 23.7 Å². The fourth-order valence-corrected chi connectivity index (χ4v) is 3.45. The van der Waals surface area contributed by atoms with Gasteiger partial charge in [-0.3, -0.25) is 0 Å². The highest BCUT2D eigenvalue weighted by atomic mass is 32.2. The van der Waals surface area contributed by atoms with Crippen LogP contribution in [0.3, 0.4) is 0 Å². The van der Waals surface area contributed by atoms with Crippen LogP contribution < -0.4 is 10.2 Å². The van der Waals surface area contributed by atoms with Gasteiger partial charge in [-0.05, 0) is 38.6 Å². The summed E-state index contributed by atoms with van der Waals surface area (Å²) in [6.45, 7) is 1.12. The van der Waals surface area contributed by atoms with Crippen LogP contribution in [0.2, 0.25) is 0 Å². The van der Waals surface area contributed by atoms with Crippen LogP contribution in [-0.4, -0.2) is 32.4 Å². The Balaban J connectivity index is 2.00. The van der Waals surface area contributed by atoms with Crippen molar-refractivity contribution in [1.82, 2.24) is 5.32 Å². The highest BCUT2D eigenvalue weighted by Crippen LogP contribution is 2.37. The van der Waals surface area contributed by atoms with Crippen LogP contribution in [0.5, 0.6) is 0 Å². The van der Waals surface area contributed by atoms with Crippen LogP contribution in [0.25, 0.3) is 0 Å². The quantitative estimate of drug-likeness (QED) is 0.809. The summed E-state index contributed by atoms with van der Waals surface area (Å²) >= 11 is 2.00. The lowest BCUT2D eigenvalue weighted by atomic mass is 10.1. The number of fused-ring (bicyclic) bond motifs is 1. The molecule has 0 bridgehead atoms. The van der Waals surface area contributed by atoms with E-state index >= 15 is 0 Å². The molecule has 0 amide bonds. The predicted molar refractivity (Wildman–Crippen MR) is 72.5 cm³/mol. The van der Waals surface area contributed by atoms with E-state index in [1.54, 1.807) is 0 Å². The minimum Gasteiger partial charge on any atom is -0.370 e. The smallest absolute Gasteiger partial charge is 0.0504 e. The van der Waals surface area contributed by atoms with Gasteiger partial charge in [-0.2, -0.15) is 0 Å². The first-order valence-corrected chi connectivity index (χ1v) is 6.90. The topological polar surface area (TPSA) is 15.3 Å². The molecule has 1 heterocycles. The van der Waals surface area contributed by atoms with Gasteiger partial charge in [0.25, 0.3) is 0 Å². The molecule has 0 fully saturated rings. The summed E-state index contributed by atoms with van der Waals surface area (Å²) in [5, 5.41) is 3.22. The number of para-hydroxylation sites is 1. The van der Waals surface area contributed by atoms with Crippen molar-refractivity contribution in [3.05, 3.63) is 24.3 Å². The summed E-state index contributed by atoms with van der Waals surface area (Å²) in [5.74, 6) is 1.22. The number of hydrogen-bond donors (Lipinski definition) is 1. The van der Waals surface area contributed by atoms with Crippen LogP contribution in [0.1, 0.15) is 12.8 Å². The van der Waals surface area contributed by atoms with Crippen molar-refractivity contribution in [3.8, 4) is 0 Å². The molecule has 1 unspecified atom stereocenters. The Morgan fingerprint density at radius 2 is 2.25 bits per heavy atom. The zero-order valence-electron chi connectivity index (χ0n) is 10.1. The molecule has 1 aromatic rings. The molecular formula is C13H20N2S. The summed E-state index contributed by atoms with van der Waals surface area (Å²) in [5.41, 5.74) is 1.40. The van der Waals surface area contributed by atoms with Gasteiger partial charge in [0.2, 0.25) is 0 Å². The maximum Gasteiger partial charge on any atom is 0.0504 e. The summed E-state index contributed by atoms with van der Waals surface area (Å²) in [7, 11) is 4.25. The van der Waals surface area contributed by atoms with E-state index in [1.165, 1.54) is 29.2 Å². The highest BCUT2D eigenvalue weighted by molar-refractivity contribution is 7.99. The van der Waals surface area contributed by atoms with Crippen molar-refractivity contribution in [3.63, 3.8) is 0 Å². The van der Waals surface area contributed by atoms with Crippen LogP contribution in [-0.2, 0) is 0 Å². The second-order valence-electron chi connectivity index (χ2n) is 4.29. The number of benzene rings is 1. The monoisotopic (exact) mass is 236 g/mol. The van der Waals surface area contributed by atoms with Gasteiger partial charge in [-0.1, -0.05) is 12.1 Å². The summed E-state index contributed by atoms with van der Waals surface area (Å²) in [6, 6.07) is 9.40. The van der Waals surface area contributed by atoms with E-state index < -0.39 is 0 Å². The number of rotatable bonds is 4. The molecule has 0 radical (unpaired) electrons. The van der Waals surface area contributed by atoms with E-state index in [0.717, 1.165) is 6.54 Å². The van der Waals surface area contributed by atoms with Crippen LogP contribution in [0.4, 0.5) is 5.69 Å². The van der Waals surface area contributed by atoms with Crippen molar-refractivity contribution in [2.45, 2.75) is 23.8 Å². The second-order valence-corrected chi connectivity index (χ2v) is 5.35. The van der Waals surface area contributed by atoms with Gasteiger partial charge in [0.05, 0.1) is 5.69 Å². The van der Waals surface area contributed by atoms with Gasteiger partial charge >= 0.3 is 0 Å². The van der Waals surface area contributed by atoms with Crippen LogP contribution >= 0.6 is 11.8 Å². The highest BCUT2D eigenvalue weighted by Gasteiger charge is 2.22. The van der Waals surface area contributed by atoms with Gasteiger partial charge in [0.1, 0.15) is 0 Å². The van der Waals surface area contributed by atoms with Gasteiger partial charge in [-0.15, -0.1) is 11.8 Å². The molecule has 0 aliphatic carbocycles. The Morgan fingerprint density at radius 3 is 3.06 bits per heavy atom. The average Bonchev–Trinajstić information content (AvgIpc) is 2.33. The first-order chi connectivity index (χ1) is 7.83. The lowest BCUT2D eigenvalue weighted by Gasteiger charge is -2.35. The molecule has 2 rings (SSSR count). The van der Waals surface area contributed by atoms with Crippen molar-refractivity contribution >= 4 is 17.4 Å². The molecule has 1 aromatic carbocycles. The summed E-state index contributed by atoms with van der Waals surface area (Å²) in [4.78, 5) is 3.87. The first-order valence-electron chi connectivity index (χ1n) is 5.92. The minimum absolute atomic E-state index is 0.688. The first kappa shape index (κ1) is 11.8. The van der Waals surface area contributed by atoms with Crippen molar-refractivity contribution in [2.24, 2.45) is 0 Å². The van der Waals surface area contributed by atoms with E-state index in [0.29, 0.717) is 6.04 Å². The van der Waals surface area contributed by atoms with E-state index in [-0.39, 0.29) is 0 Å². The molecule has 0 saturated heterocycles. The van der Waals surface area contributed by atoms with Crippen molar-refractivity contribution < 1.29 is 0 Å². The second kappa shape index (κ2) is 5.60. The third-order valence-electron chi connectivity index (χ3n) is 3.19. The Labute approximate surface area is 102 Å². The Kier molecular flexibility index (Phi) is 4.13. The Hall–Kier alpha value is -0.670. The number of nitrogens with one attached hydrogen (secondary N) is 1. The van der Waals surface area contributed by atoms with E-state index in [9.17, 15) is 0 Å². The van der Waals surface area contributed by atoms with Crippen LogP contribution in [0.15, 0.2) is 29.2 Å². The Morgan fingerprint density at radius 1 is 1.44 bits per heavy atom. The molecule has 1 N–H and O–H groups in total. The molecule has 16 heavy (non-hydrogen) atoms. The maximum atomic E-state index is 3.22. The number of hydrogen-bond acceptors (Lipinski definition) is 3. The largest absolute Gasteiger partial charge is 0.370 e. The molecule has 1 aliphatic rings. The normalized spacial score (nSPS) is 19.6. The Bertz CT molecular complexity index is 340. The third kappa shape index (κ3) is 2.53. The van der Waals surface area contributed by atoms with Gasteiger partial charge in [-0.25, -0.2) is 0 Å². The van der Waals surface area contributed by atoms with Gasteiger partial charge < -0.3 is 10.2 Å². The summed E-state index contributed by atoms with van der Waals surface area (Å²) < 4.78 is 0. The molecular weight excluding hydrogens is 216 g/mol. The number of nitrogens with zero attached hydrogens (tertiary/aromatic N) is 1.